The maximum atomic E-state index is 14.9. The summed E-state index contributed by atoms with van der Waals surface area (Å²) in [6.45, 7) is 2.85. The molecule has 5 rings (SSSR count). The predicted octanol–water partition coefficient (Wildman–Crippen LogP) is 9.63. The quantitative estimate of drug-likeness (QED) is 0.131. The summed E-state index contributed by atoms with van der Waals surface area (Å²) in [4.78, 5) is 0. The first-order valence-electron chi connectivity index (χ1n) is 15.0. The molecule has 232 valence electrons. The highest BCUT2D eigenvalue weighted by molar-refractivity contribution is 5.64. The summed E-state index contributed by atoms with van der Waals surface area (Å²) in [7, 11) is 0. The number of alkyl halides is 2. The van der Waals surface area contributed by atoms with Crippen LogP contribution in [0.4, 0.5) is 26.3 Å². The standard InChI is InChI=1S/C34H36F6O3/c1-2-3-4-5-21-6-11-26(12-7-21)34(39,40)43-27-13-8-22(9-14-27)25-19-41-33(42-20-25)23-10-15-28(29(35)16-23)24-17-30(36)32(38)31(37)18-24/h6-7,10-12,15-18,22,25,27,33H,2-5,8-9,13-14,19-20H2,1H3. The summed E-state index contributed by atoms with van der Waals surface area (Å²) in [5.74, 6) is -4.89. The molecule has 3 aromatic rings. The number of aryl methyl sites for hydroxylation is 1. The number of rotatable bonds is 10. The summed E-state index contributed by atoms with van der Waals surface area (Å²) < 4.78 is 102. The van der Waals surface area contributed by atoms with Crippen molar-refractivity contribution in [3.8, 4) is 11.1 Å². The maximum Gasteiger partial charge on any atom is 0.383 e. The summed E-state index contributed by atoms with van der Waals surface area (Å²) in [6, 6.07) is 12.0. The van der Waals surface area contributed by atoms with Crippen LogP contribution in [0.15, 0.2) is 54.6 Å². The van der Waals surface area contributed by atoms with E-state index in [0.29, 0.717) is 44.5 Å². The van der Waals surface area contributed by atoms with Crippen molar-refractivity contribution in [3.63, 3.8) is 0 Å². The molecule has 2 fully saturated rings. The van der Waals surface area contributed by atoms with Gasteiger partial charge in [0, 0.05) is 17.0 Å². The van der Waals surface area contributed by atoms with Crippen molar-refractivity contribution in [1.29, 1.82) is 0 Å². The van der Waals surface area contributed by atoms with Gasteiger partial charge >= 0.3 is 6.11 Å². The van der Waals surface area contributed by atoms with Crippen LogP contribution >= 0.6 is 0 Å². The van der Waals surface area contributed by atoms with Gasteiger partial charge in [-0.15, -0.1) is 0 Å². The third kappa shape index (κ3) is 7.62. The zero-order valence-corrected chi connectivity index (χ0v) is 24.1. The van der Waals surface area contributed by atoms with Crippen LogP contribution in [-0.2, 0) is 26.7 Å². The Hall–Kier alpha value is -2.88. The fraction of sp³-hybridized carbons (Fsp3) is 0.471. The Labute approximate surface area is 248 Å². The van der Waals surface area contributed by atoms with E-state index in [0.717, 1.165) is 43.4 Å². The first kappa shape index (κ1) is 31.5. The minimum Gasteiger partial charge on any atom is -0.348 e. The van der Waals surface area contributed by atoms with Gasteiger partial charge in [0.2, 0.25) is 0 Å². The number of unbranched alkanes of at least 4 members (excludes halogenated alkanes) is 2. The average molecular weight is 607 g/mol. The highest BCUT2D eigenvalue weighted by Crippen LogP contribution is 2.40. The van der Waals surface area contributed by atoms with Gasteiger partial charge in [-0.25, -0.2) is 17.6 Å². The second-order valence-corrected chi connectivity index (χ2v) is 11.6. The molecule has 1 saturated carbocycles. The Kier molecular flexibility index (Phi) is 10.1. The van der Waals surface area contributed by atoms with Gasteiger partial charge in [0.1, 0.15) is 5.82 Å². The lowest BCUT2D eigenvalue weighted by molar-refractivity contribution is -0.279. The van der Waals surface area contributed by atoms with E-state index in [1.165, 1.54) is 30.3 Å². The monoisotopic (exact) mass is 606 g/mol. The van der Waals surface area contributed by atoms with Crippen molar-refractivity contribution in [1.82, 2.24) is 0 Å². The molecule has 3 aromatic carbocycles. The Balaban J connectivity index is 1.10. The van der Waals surface area contributed by atoms with Crippen molar-refractivity contribution >= 4 is 0 Å². The third-order valence-electron chi connectivity index (χ3n) is 8.54. The average Bonchev–Trinajstić information content (AvgIpc) is 3.00. The summed E-state index contributed by atoms with van der Waals surface area (Å²) >= 11 is 0. The van der Waals surface area contributed by atoms with Crippen LogP contribution in [0, 0.1) is 35.1 Å². The van der Waals surface area contributed by atoms with Gasteiger partial charge in [0.15, 0.2) is 23.7 Å². The lowest BCUT2D eigenvalue weighted by Crippen LogP contribution is -2.36. The van der Waals surface area contributed by atoms with Crippen LogP contribution in [0.2, 0.25) is 0 Å². The zero-order chi connectivity index (χ0) is 30.6. The smallest absolute Gasteiger partial charge is 0.348 e. The minimum atomic E-state index is -3.35. The summed E-state index contributed by atoms with van der Waals surface area (Å²) in [5.41, 5.74) is 1.11. The molecule has 43 heavy (non-hydrogen) atoms. The van der Waals surface area contributed by atoms with Crippen molar-refractivity contribution in [2.45, 2.75) is 76.8 Å². The van der Waals surface area contributed by atoms with Crippen molar-refractivity contribution < 1.29 is 40.6 Å². The van der Waals surface area contributed by atoms with Crippen molar-refractivity contribution in [2.24, 2.45) is 11.8 Å². The Bertz CT molecular complexity index is 1340. The fourth-order valence-electron chi connectivity index (χ4n) is 6.01. The molecule has 9 heteroatoms. The summed E-state index contributed by atoms with van der Waals surface area (Å²) in [6.07, 6.45) is 1.85. The molecule has 0 spiro atoms. The first-order valence-corrected chi connectivity index (χ1v) is 15.0. The van der Waals surface area contributed by atoms with Gasteiger partial charge in [0.25, 0.3) is 0 Å². The second kappa shape index (κ2) is 13.8. The first-order chi connectivity index (χ1) is 20.6. The molecule has 2 aliphatic rings. The number of hydrogen-bond acceptors (Lipinski definition) is 3. The van der Waals surface area contributed by atoms with E-state index in [-0.39, 0.29) is 28.5 Å². The van der Waals surface area contributed by atoms with Crippen LogP contribution in [0.1, 0.15) is 74.8 Å². The van der Waals surface area contributed by atoms with Gasteiger partial charge in [-0.3, -0.25) is 0 Å². The topological polar surface area (TPSA) is 27.7 Å². The number of benzene rings is 3. The van der Waals surface area contributed by atoms with E-state index in [1.54, 1.807) is 12.1 Å². The number of halogens is 6. The molecule has 3 nitrogen and oxygen atoms in total. The normalized spacial score (nSPS) is 23.0. The highest BCUT2D eigenvalue weighted by atomic mass is 19.3. The van der Waals surface area contributed by atoms with Gasteiger partial charge in [-0.1, -0.05) is 56.2 Å². The van der Waals surface area contributed by atoms with E-state index in [1.807, 2.05) is 0 Å². The molecular formula is C34H36F6O3. The SMILES string of the molecule is CCCCCc1ccc(C(F)(F)OC2CCC(C3COC(c4ccc(-c5cc(F)c(F)c(F)c5)c(F)c4)OC3)CC2)cc1. The molecule has 0 amide bonds. The largest absolute Gasteiger partial charge is 0.383 e. The van der Waals surface area contributed by atoms with E-state index in [2.05, 4.69) is 6.92 Å². The molecule has 1 aliphatic heterocycles. The van der Waals surface area contributed by atoms with Gasteiger partial charge in [-0.05, 0) is 73.8 Å². The molecule has 1 saturated heterocycles. The molecule has 0 radical (unpaired) electrons. The Morgan fingerprint density at radius 1 is 0.767 bits per heavy atom. The number of ether oxygens (including phenoxy) is 3. The van der Waals surface area contributed by atoms with E-state index < -0.39 is 41.8 Å². The lowest BCUT2D eigenvalue weighted by Gasteiger charge is -2.38. The van der Waals surface area contributed by atoms with Crippen LogP contribution in [0.25, 0.3) is 11.1 Å². The molecule has 0 aromatic heterocycles. The molecule has 1 aliphatic carbocycles. The van der Waals surface area contributed by atoms with Gasteiger partial charge in [0.05, 0.1) is 24.9 Å². The van der Waals surface area contributed by atoms with E-state index in [9.17, 15) is 26.3 Å². The minimum absolute atomic E-state index is 0.0623. The third-order valence-corrected chi connectivity index (χ3v) is 8.54. The van der Waals surface area contributed by atoms with Crippen LogP contribution < -0.4 is 0 Å². The second-order valence-electron chi connectivity index (χ2n) is 11.6. The fourth-order valence-corrected chi connectivity index (χ4v) is 6.01. The highest BCUT2D eigenvalue weighted by Gasteiger charge is 2.39. The predicted molar refractivity (Wildman–Crippen MR) is 150 cm³/mol. The van der Waals surface area contributed by atoms with E-state index >= 15 is 0 Å². The molecule has 1 heterocycles. The van der Waals surface area contributed by atoms with Crippen molar-refractivity contribution in [2.75, 3.05) is 13.2 Å². The molecule has 0 atom stereocenters. The number of hydrogen-bond donors (Lipinski definition) is 0. The maximum absolute atomic E-state index is 14.9. The summed E-state index contributed by atoms with van der Waals surface area (Å²) in [5, 5.41) is 0. The molecule has 0 N–H and O–H groups in total. The zero-order valence-electron chi connectivity index (χ0n) is 24.1. The van der Waals surface area contributed by atoms with Gasteiger partial charge in [-0.2, -0.15) is 8.78 Å². The lowest BCUT2D eigenvalue weighted by atomic mass is 9.79. The van der Waals surface area contributed by atoms with Crippen LogP contribution in [0.5, 0.6) is 0 Å². The Morgan fingerprint density at radius 3 is 2.02 bits per heavy atom. The molecule has 0 bridgehead atoms. The molecular weight excluding hydrogens is 570 g/mol. The van der Waals surface area contributed by atoms with Gasteiger partial charge < -0.3 is 14.2 Å². The van der Waals surface area contributed by atoms with Crippen molar-refractivity contribution in [3.05, 3.63) is 94.6 Å². The van der Waals surface area contributed by atoms with E-state index in [4.69, 9.17) is 14.2 Å². The van der Waals surface area contributed by atoms with Crippen LogP contribution in [-0.4, -0.2) is 19.3 Å². The van der Waals surface area contributed by atoms with Crippen LogP contribution in [0.3, 0.4) is 0 Å². The molecule has 0 unspecified atom stereocenters. The Morgan fingerprint density at radius 2 is 1.42 bits per heavy atom.